The van der Waals surface area contributed by atoms with E-state index in [9.17, 15) is 4.79 Å². The Bertz CT molecular complexity index is 867. The van der Waals surface area contributed by atoms with Gasteiger partial charge in [0.05, 0.1) is 0 Å². The Kier molecular flexibility index (Phi) is 5.26. The Morgan fingerprint density at radius 2 is 1.86 bits per heavy atom. The van der Waals surface area contributed by atoms with Crippen molar-refractivity contribution in [3.63, 3.8) is 0 Å². The van der Waals surface area contributed by atoms with Crippen molar-refractivity contribution >= 4 is 11.6 Å². The molecule has 2 aliphatic heterocycles. The molecule has 1 aliphatic carbocycles. The van der Waals surface area contributed by atoms with Crippen LogP contribution in [0.1, 0.15) is 54.2 Å². The van der Waals surface area contributed by atoms with Gasteiger partial charge in [0.2, 0.25) is 0 Å². The third-order valence-electron chi connectivity index (χ3n) is 6.89. The van der Waals surface area contributed by atoms with E-state index < -0.39 is 0 Å². The van der Waals surface area contributed by atoms with Crippen LogP contribution in [0.5, 0.6) is 0 Å². The molecule has 3 aliphatic rings. The minimum absolute atomic E-state index is 0.0201. The molecule has 7 nitrogen and oxygen atoms in total. The number of piperidine rings is 1. The fourth-order valence-corrected chi connectivity index (χ4v) is 4.88. The van der Waals surface area contributed by atoms with Crippen molar-refractivity contribution in [1.82, 2.24) is 29.1 Å². The lowest BCUT2D eigenvalue weighted by Crippen LogP contribution is -2.35. The summed E-state index contributed by atoms with van der Waals surface area (Å²) < 4.78 is 2.07. The van der Waals surface area contributed by atoms with Gasteiger partial charge in [-0.05, 0) is 70.8 Å². The molecular formula is C22H32N6O. The SMILES string of the molecule is CN1CCCN(C(=O)c2ncn3c(C4CCN(CC5CC5)CC4)ccnc23)CC1. The number of likely N-dealkylation sites (tertiary alicyclic amines) is 1. The molecule has 0 unspecified atom stereocenters. The highest BCUT2D eigenvalue weighted by molar-refractivity contribution is 5.98. The molecule has 0 aromatic carbocycles. The number of hydrogen-bond donors (Lipinski definition) is 0. The number of carbonyl (C=O) groups is 1. The molecule has 1 amide bonds. The van der Waals surface area contributed by atoms with Gasteiger partial charge in [-0.2, -0.15) is 0 Å². The van der Waals surface area contributed by atoms with Gasteiger partial charge in [-0.25, -0.2) is 9.97 Å². The minimum atomic E-state index is 0.0201. The first-order chi connectivity index (χ1) is 14.2. The zero-order valence-corrected chi connectivity index (χ0v) is 17.5. The van der Waals surface area contributed by atoms with Crippen LogP contribution < -0.4 is 0 Å². The van der Waals surface area contributed by atoms with E-state index in [0.29, 0.717) is 17.3 Å². The predicted octanol–water partition coefficient (Wildman–Crippen LogP) is 2.10. The number of hydrogen-bond acceptors (Lipinski definition) is 5. The summed E-state index contributed by atoms with van der Waals surface area (Å²) in [6.45, 7) is 7.13. The van der Waals surface area contributed by atoms with Crippen LogP contribution in [-0.4, -0.2) is 87.8 Å². The minimum Gasteiger partial charge on any atom is -0.336 e. The molecule has 3 fully saturated rings. The molecule has 7 heteroatoms. The summed E-state index contributed by atoms with van der Waals surface area (Å²) in [4.78, 5) is 29.1. The average Bonchev–Trinajstić information content (AvgIpc) is 3.49. The first-order valence-corrected chi connectivity index (χ1v) is 11.2. The molecule has 2 aromatic rings. The number of imidazole rings is 1. The maximum atomic E-state index is 13.2. The van der Waals surface area contributed by atoms with E-state index in [2.05, 4.69) is 37.3 Å². The third-order valence-corrected chi connectivity index (χ3v) is 6.89. The number of carbonyl (C=O) groups excluding carboxylic acids is 1. The number of nitrogens with zero attached hydrogens (tertiary/aromatic N) is 6. The quantitative estimate of drug-likeness (QED) is 0.792. The highest BCUT2D eigenvalue weighted by Gasteiger charge is 2.29. The Morgan fingerprint density at radius 1 is 1.03 bits per heavy atom. The topological polar surface area (TPSA) is 57.0 Å². The van der Waals surface area contributed by atoms with E-state index in [0.717, 1.165) is 38.5 Å². The molecule has 29 heavy (non-hydrogen) atoms. The van der Waals surface area contributed by atoms with E-state index in [1.165, 1.54) is 51.0 Å². The van der Waals surface area contributed by atoms with Crippen molar-refractivity contribution in [3.8, 4) is 0 Å². The molecule has 156 valence electrons. The number of fused-ring (bicyclic) bond motifs is 1. The Balaban J connectivity index is 1.33. The first kappa shape index (κ1) is 19.0. The number of rotatable bonds is 4. The van der Waals surface area contributed by atoms with Gasteiger partial charge in [0, 0.05) is 44.0 Å². The summed E-state index contributed by atoms with van der Waals surface area (Å²) in [7, 11) is 2.11. The molecule has 0 N–H and O–H groups in total. The Labute approximate surface area is 172 Å². The zero-order chi connectivity index (χ0) is 19.8. The van der Waals surface area contributed by atoms with Crippen molar-refractivity contribution in [2.45, 2.75) is 38.0 Å². The van der Waals surface area contributed by atoms with E-state index in [-0.39, 0.29) is 5.91 Å². The predicted molar refractivity (Wildman–Crippen MR) is 112 cm³/mol. The molecular weight excluding hydrogens is 364 g/mol. The third kappa shape index (κ3) is 4.03. The van der Waals surface area contributed by atoms with Crippen LogP contribution in [0, 0.1) is 5.92 Å². The number of likely N-dealkylation sites (N-methyl/N-ethyl adjacent to an activating group) is 1. The highest BCUT2D eigenvalue weighted by atomic mass is 16.2. The first-order valence-electron chi connectivity index (χ1n) is 11.2. The van der Waals surface area contributed by atoms with Crippen LogP contribution >= 0.6 is 0 Å². The summed E-state index contributed by atoms with van der Waals surface area (Å²) in [5.41, 5.74) is 2.47. The molecule has 0 bridgehead atoms. The van der Waals surface area contributed by atoms with Crippen molar-refractivity contribution in [2.75, 3.05) is 52.9 Å². The zero-order valence-electron chi connectivity index (χ0n) is 17.5. The monoisotopic (exact) mass is 396 g/mol. The molecule has 1 saturated carbocycles. The largest absolute Gasteiger partial charge is 0.336 e. The van der Waals surface area contributed by atoms with Gasteiger partial charge in [0.1, 0.15) is 6.33 Å². The fraction of sp³-hybridized carbons (Fsp3) is 0.682. The average molecular weight is 397 g/mol. The standard InChI is InChI=1S/C22H32N6O/c1-25-9-2-10-27(14-13-25)22(29)20-21-23-8-5-19(28(21)16-24-20)18-6-11-26(12-7-18)15-17-3-4-17/h5,8,16-18H,2-4,6-7,9-15H2,1H3. The lowest BCUT2D eigenvalue weighted by atomic mass is 9.93. The van der Waals surface area contributed by atoms with Crippen LogP contribution in [0.15, 0.2) is 18.6 Å². The maximum absolute atomic E-state index is 13.2. The number of aromatic nitrogens is 3. The van der Waals surface area contributed by atoms with Gasteiger partial charge in [-0.3, -0.25) is 9.20 Å². The normalized spacial score (nSPS) is 22.9. The molecule has 0 spiro atoms. The van der Waals surface area contributed by atoms with Gasteiger partial charge in [0.15, 0.2) is 11.3 Å². The lowest BCUT2D eigenvalue weighted by Gasteiger charge is -2.32. The number of amides is 1. The molecule has 2 saturated heterocycles. The van der Waals surface area contributed by atoms with Gasteiger partial charge in [-0.1, -0.05) is 0 Å². The van der Waals surface area contributed by atoms with Gasteiger partial charge >= 0.3 is 0 Å². The Morgan fingerprint density at radius 3 is 2.66 bits per heavy atom. The van der Waals surface area contributed by atoms with E-state index >= 15 is 0 Å². The lowest BCUT2D eigenvalue weighted by molar-refractivity contribution is 0.0759. The maximum Gasteiger partial charge on any atom is 0.276 e. The Hall–Kier alpha value is -1.99. The van der Waals surface area contributed by atoms with Crippen LogP contribution in [0.3, 0.4) is 0 Å². The summed E-state index contributed by atoms with van der Waals surface area (Å²) in [6, 6.07) is 2.12. The van der Waals surface area contributed by atoms with Crippen LogP contribution in [-0.2, 0) is 0 Å². The summed E-state index contributed by atoms with van der Waals surface area (Å²) in [5, 5.41) is 0. The molecule has 0 radical (unpaired) electrons. The van der Waals surface area contributed by atoms with Crippen LogP contribution in [0.25, 0.3) is 5.65 Å². The van der Waals surface area contributed by atoms with Crippen LogP contribution in [0.2, 0.25) is 0 Å². The van der Waals surface area contributed by atoms with Crippen LogP contribution in [0.4, 0.5) is 0 Å². The highest BCUT2D eigenvalue weighted by Crippen LogP contribution is 2.33. The van der Waals surface area contributed by atoms with Gasteiger partial charge in [0.25, 0.3) is 5.91 Å². The fourth-order valence-electron chi connectivity index (χ4n) is 4.88. The van der Waals surface area contributed by atoms with Crippen molar-refractivity contribution in [2.24, 2.45) is 5.92 Å². The van der Waals surface area contributed by atoms with Crippen molar-refractivity contribution < 1.29 is 4.79 Å². The van der Waals surface area contributed by atoms with Gasteiger partial charge in [-0.15, -0.1) is 0 Å². The molecule has 2 aromatic heterocycles. The molecule has 5 rings (SSSR count). The van der Waals surface area contributed by atoms with E-state index in [4.69, 9.17) is 0 Å². The van der Waals surface area contributed by atoms with E-state index in [1.54, 1.807) is 0 Å². The summed E-state index contributed by atoms with van der Waals surface area (Å²) in [6.07, 6.45) is 9.86. The van der Waals surface area contributed by atoms with E-state index in [1.807, 2.05) is 17.4 Å². The van der Waals surface area contributed by atoms with Crippen molar-refractivity contribution in [1.29, 1.82) is 0 Å². The summed E-state index contributed by atoms with van der Waals surface area (Å²) in [5.74, 6) is 1.49. The second-order valence-electron chi connectivity index (χ2n) is 9.12. The molecule has 4 heterocycles. The molecule has 0 atom stereocenters. The summed E-state index contributed by atoms with van der Waals surface area (Å²) >= 11 is 0. The second-order valence-corrected chi connectivity index (χ2v) is 9.12. The smallest absolute Gasteiger partial charge is 0.276 e. The second kappa shape index (κ2) is 8.03. The van der Waals surface area contributed by atoms with Gasteiger partial charge < -0.3 is 14.7 Å². The van der Waals surface area contributed by atoms with Crippen molar-refractivity contribution in [3.05, 3.63) is 30.0 Å².